The zero-order valence-electron chi connectivity index (χ0n) is 16.5. The second kappa shape index (κ2) is 9.59. The van der Waals surface area contributed by atoms with Crippen LogP contribution in [0, 0.1) is 11.8 Å². The van der Waals surface area contributed by atoms with Crippen molar-refractivity contribution >= 4 is 11.8 Å². The van der Waals surface area contributed by atoms with Crippen molar-refractivity contribution in [2.24, 2.45) is 21.8 Å². The maximum Gasteiger partial charge on any atom is 2.00 e. The van der Waals surface area contributed by atoms with Crippen LogP contribution in [0.15, 0.2) is 28.2 Å². The predicted molar refractivity (Wildman–Crippen MR) is 95.7 cm³/mol. The molecular weight excluding hydrogens is 432 g/mol. The summed E-state index contributed by atoms with van der Waals surface area (Å²) in [6.45, 7) is 14.1. The minimum atomic E-state index is -0.190. The fourth-order valence-corrected chi connectivity index (χ4v) is 2.55. The molecule has 2 aliphatic heterocycles. The normalized spacial score (nSPS) is 26.2. The molecule has 0 saturated carbocycles. The second-order valence-electron chi connectivity index (χ2n) is 7.84. The van der Waals surface area contributed by atoms with Crippen molar-refractivity contribution in [1.82, 2.24) is 4.98 Å². The van der Waals surface area contributed by atoms with Crippen LogP contribution in [-0.2, 0) is 26.3 Å². The smallest absolute Gasteiger partial charge is 1.00 e. The molecule has 0 spiro atoms. The number of halogens is 2. The van der Waals surface area contributed by atoms with Crippen LogP contribution < -0.4 is 24.8 Å². The summed E-state index contributed by atoms with van der Waals surface area (Å²) in [6, 6.07) is 5.79. The van der Waals surface area contributed by atoms with Gasteiger partial charge in [-0.05, 0) is 37.8 Å². The first kappa shape index (κ1) is 26.2. The minimum Gasteiger partial charge on any atom is -1.00 e. The van der Waals surface area contributed by atoms with E-state index in [0.29, 0.717) is 36.8 Å². The van der Waals surface area contributed by atoms with Gasteiger partial charge in [-0.15, -0.1) is 0 Å². The standard InChI is InChI=1S/C19H27N3O2.2ClH.Co/c1-12(2)18(5)10-23-16(21-18)14-8-7-9-15(20-14)17-22-19(6,11-24-17)13(3)4;;;/h7-9,12-13H,10-11H2,1-6H3;2*1H;/q;;;+2/p-2/t18-,19-;;;/m0.../s1. The van der Waals surface area contributed by atoms with Crippen molar-refractivity contribution < 1.29 is 51.1 Å². The first-order valence-electron chi connectivity index (χ1n) is 8.67. The van der Waals surface area contributed by atoms with E-state index in [1.165, 1.54) is 0 Å². The Morgan fingerprint density at radius 3 is 1.48 bits per heavy atom. The predicted octanol–water partition coefficient (Wildman–Crippen LogP) is -2.53. The third-order valence-electron chi connectivity index (χ3n) is 5.39. The van der Waals surface area contributed by atoms with Crippen molar-refractivity contribution in [1.29, 1.82) is 0 Å². The van der Waals surface area contributed by atoms with E-state index in [-0.39, 0.29) is 52.7 Å². The Morgan fingerprint density at radius 1 is 0.815 bits per heavy atom. The SMILES string of the molecule is CC(C)[C@]1(C)COC(c2cccc(C3=N[C@](C)(C(C)C)CO3)n2)=N1.[Cl-].[Cl-].[Co+2]. The van der Waals surface area contributed by atoms with Crippen molar-refractivity contribution in [2.75, 3.05) is 13.2 Å². The van der Waals surface area contributed by atoms with Gasteiger partial charge in [0.1, 0.15) is 24.6 Å². The molecule has 0 amide bonds. The van der Waals surface area contributed by atoms with E-state index in [2.05, 4.69) is 46.5 Å². The summed E-state index contributed by atoms with van der Waals surface area (Å²) < 4.78 is 11.6. The fraction of sp³-hybridized carbons (Fsp3) is 0.632. The Balaban J connectivity index is 0.00000225. The third-order valence-corrected chi connectivity index (χ3v) is 5.39. The van der Waals surface area contributed by atoms with Gasteiger partial charge in [0.2, 0.25) is 11.8 Å². The molecule has 0 unspecified atom stereocenters. The molecule has 8 heteroatoms. The number of pyridine rings is 1. The van der Waals surface area contributed by atoms with Gasteiger partial charge in [-0.25, -0.2) is 15.0 Å². The average molecular weight is 459 g/mol. The minimum absolute atomic E-state index is 0. The summed E-state index contributed by atoms with van der Waals surface area (Å²) in [5.41, 5.74) is 1.09. The molecular formula is C19H27Cl2CoN3O2. The Labute approximate surface area is 184 Å². The van der Waals surface area contributed by atoms with Gasteiger partial charge in [0.15, 0.2) is 0 Å². The van der Waals surface area contributed by atoms with Crippen molar-refractivity contribution in [3.05, 3.63) is 29.6 Å². The van der Waals surface area contributed by atoms with Gasteiger partial charge >= 0.3 is 16.8 Å². The number of ether oxygens (including phenoxy) is 2. The van der Waals surface area contributed by atoms with E-state index in [0.717, 1.165) is 11.4 Å². The zero-order chi connectivity index (χ0) is 17.5. The van der Waals surface area contributed by atoms with Gasteiger partial charge in [-0.2, -0.15) is 0 Å². The quantitative estimate of drug-likeness (QED) is 0.500. The number of rotatable bonds is 4. The zero-order valence-corrected chi connectivity index (χ0v) is 19.1. The maximum atomic E-state index is 5.82. The molecule has 3 rings (SSSR count). The Kier molecular flexibility index (Phi) is 9.30. The van der Waals surface area contributed by atoms with Crippen molar-refractivity contribution in [2.45, 2.75) is 52.6 Å². The maximum absolute atomic E-state index is 5.82. The molecule has 3 heterocycles. The van der Waals surface area contributed by atoms with Gasteiger partial charge in [0.05, 0.1) is 11.1 Å². The number of aromatic nitrogens is 1. The molecule has 0 fully saturated rings. The van der Waals surface area contributed by atoms with Crippen LogP contribution in [0.25, 0.3) is 0 Å². The average Bonchev–Trinajstić information content (AvgIpc) is 3.13. The van der Waals surface area contributed by atoms with Gasteiger partial charge in [0, 0.05) is 0 Å². The molecule has 0 aromatic carbocycles. The summed E-state index contributed by atoms with van der Waals surface area (Å²) in [6.07, 6.45) is 0. The van der Waals surface area contributed by atoms with E-state index >= 15 is 0 Å². The Morgan fingerprint density at radius 2 is 1.19 bits per heavy atom. The van der Waals surface area contributed by atoms with Gasteiger partial charge in [-0.3, -0.25) is 0 Å². The Bertz CT molecular complexity index is 657. The van der Waals surface area contributed by atoms with Crippen molar-refractivity contribution in [3.63, 3.8) is 0 Å². The first-order chi connectivity index (χ1) is 11.2. The topological polar surface area (TPSA) is 56.1 Å². The molecule has 2 atom stereocenters. The van der Waals surface area contributed by atoms with Crippen LogP contribution in [0.2, 0.25) is 0 Å². The number of aliphatic imine (C=N–C) groups is 2. The van der Waals surface area contributed by atoms with Gasteiger partial charge in [0.25, 0.3) is 0 Å². The molecule has 153 valence electrons. The van der Waals surface area contributed by atoms with Crippen LogP contribution in [0.3, 0.4) is 0 Å². The first-order valence-corrected chi connectivity index (χ1v) is 8.67. The third kappa shape index (κ3) is 5.16. The molecule has 0 bridgehead atoms. The van der Waals surface area contributed by atoms with E-state index < -0.39 is 0 Å². The van der Waals surface area contributed by atoms with Gasteiger partial charge < -0.3 is 34.3 Å². The van der Waals surface area contributed by atoms with Crippen LogP contribution in [-0.4, -0.2) is 41.1 Å². The second-order valence-corrected chi connectivity index (χ2v) is 7.84. The molecule has 1 aromatic rings. The molecule has 0 aliphatic carbocycles. The molecule has 1 radical (unpaired) electrons. The number of hydrogen-bond donors (Lipinski definition) is 0. The van der Waals surface area contributed by atoms with E-state index in [9.17, 15) is 0 Å². The molecule has 2 aliphatic rings. The molecule has 1 aromatic heterocycles. The summed E-state index contributed by atoms with van der Waals surface area (Å²) in [7, 11) is 0. The van der Waals surface area contributed by atoms with E-state index in [1.807, 2.05) is 18.2 Å². The monoisotopic (exact) mass is 458 g/mol. The largest absolute Gasteiger partial charge is 2.00 e. The summed E-state index contributed by atoms with van der Waals surface area (Å²) >= 11 is 0. The number of hydrogen-bond acceptors (Lipinski definition) is 5. The summed E-state index contributed by atoms with van der Waals surface area (Å²) in [5.74, 6) is 2.04. The molecule has 0 N–H and O–H groups in total. The van der Waals surface area contributed by atoms with Crippen molar-refractivity contribution in [3.8, 4) is 0 Å². The molecule has 27 heavy (non-hydrogen) atoms. The van der Waals surface area contributed by atoms with Crippen LogP contribution >= 0.6 is 0 Å². The molecule has 0 saturated heterocycles. The summed E-state index contributed by atoms with van der Waals surface area (Å²) in [4.78, 5) is 14.2. The van der Waals surface area contributed by atoms with Crippen LogP contribution in [0.4, 0.5) is 0 Å². The molecule has 5 nitrogen and oxygen atoms in total. The Hall–Kier alpha value is -0.824. The van der Waals surface area contributed by atoms with Crippen LogP contribution in [0.5, 0.6) is 0 Å². The summed E-state index contributed by atoms with van der Waals surface area (Å²) in [5, 5.41) is 0. The van der Waals surface area contributed by atoms with E-state index in [1.54, 1.807) is 0 Å². The van der Waals surface area contributed by atoms with E-state index in [4.69, 9.17) is 19.5 Å². The van der Waals surface area contributed by atoms with Gasteiger partial charge in [-0.1, -0.05) is 33.8 Å². The fourth-order valence-electron chi connectivity index (χ4n) is 2.55. The van der Waals surface area contributed by atoms with Crippen LogP contribution in [0.1, 0.15) is 52.9 Å². The number of nitrogens with zero attached hydrogens (tertiary/aromatic N) is 3.